The molecule has 1 amide bonds. The Hall–Kier alpha value is -2.12. The highest BCUT2D eigenvalue weighted by Crippen LogP contribution is 2.33. The summed E-state index contributed by atoms with van der Waals surface area (Å²) >= 11 is 0. The Morgan fingerprint density at radius 1 is 1.25 bits per heavy atom. The minimum Gasteiger partial charge on any atom is -0.508 e. The molecule has 0 atom stereocenters. The van der Waals surface area contributed by atoms with Gasteiger partial charge < -0.3 is 14.6 Å². The first-order chi connectivity index (χ1) is 8.96. The van der Waals surface area contributed by atoms with E-state index in [4.69, 9.17) is 9.84 Å². The number of phenolic OH excluding ortho intramolecular Hbond substituents is 1. The van der Waals surface area contributed by atoms with Crippen LogP contribution >= 0.6 is 0 Å². The van der Waals surface area contributed by atoms with E-state index in [9.17, 15) is 18.0 Å². The predicted molar refractivity (Wildman–Crippen MR) is 64.6 cm³/mol. The van der Waals surface area contributed by atoms with Crippen LogP contribution in [-0.2, 0) is 4.74 Å². The number of anilines is 1. The molecule has 0 saturated carbocycles. The van der Waals surface area contributed by atoms with Gasteiger partial charge in [0.05, 0.1) is 5.69 Å². The topological polar surface area (TPSA) is 67.8 Å². The number of aromatic hydroxyl groups is 1. The highest BCUT2D eigenvalue weighted by atomic mass is 19.4. The first-order valence-corrected chi connectivity index (χ1v) is 5.55. The van der Waals surface area contributed by atoms with Crippen LogP contribution in [0.1, 0.15) is 20.8 Å². The zero-order valence-electron chi connectivity index (χ0n) is 11.0. The van der Waals surface area contributed by atoms with E-state index in [0.29, 0.717) is 0 Å². The summed E-state index contributed by atoms with van der Waals surface area (Å²) in [7, 11) is 0. The molecule has 0 unspecified atom stereocenters. The summed E-state index contributed by atoms with van der Waals surface area (Å²) in [6.45, 7) is 4.82. The van der Waals surface area contributed by atoms with Gasteiger partial charge in [0.2, 0.25) is 0 Å². The number of nitrogens with one attached hydrogen (secondary N) is 1. The molecule has 1 aromatic carbocycles. The lowest BCUT2D eigenvalue weighted by Gasteiger charge is -2.20. The van der Waals surface area contributed by atoms with Gasteiger partial charge in [-0.2, -0.15) is 0 Å². The summed E-state index contributed by atoms with van der Waals surface area (Å²) in [5.74, 6) is -1.16. The van der Waals surface area contributed by atoms with E-state index in [1.165, 1.54) is 0 Å². The van der Waals surface area contributed by atoms with Gasteiger partial charge >= 0.3 is 12.5 Å². The molecule has 5 nitrogen and oxygen atoms in total. The highest BCUT2D eigenvalue weighted by Gasteiger charge is 2.32. The second kappa shape index (κ2) is 5.48. The fraction of sp³-hybridized carbons (Fsp3) is 0.417. The second-order valence-electron chi connectivity index (χ2n) is 4.86. The quantitative estimate of drug-likeness (QED) is 0.817. The number of amides is 1. The number of hydrogen-bond donors (Lipinski definition) is 2. The van der Waals surface area contributed by atoms with Gasteiger partial charge in [-0.1, -0.05) is 0 Å². The molecule has 1 rings (SSSR count). The normalized spacial score (nSPS) is 11.9. The van der Waals surface area contributed by atoms with Gasteiger partial charge in [0.15, 0.2) is 5.75 Å². The molecule has 0 fully saturated rings. The molecule has 0 aliphatic heterocycles. The Bertz CT molecular complexity index is 494. The Labute approximate surface area is 113 Å². The third-order valence-corrected chi connectivity index (χ3v) is 1.83. The molecule has 0 aliphatic carbocycles. The molecule has 0 aliphatic rings. The standard InChI is InChI=1S/C12H14F3NO4/c1-11(2,3)20-10(18)16-8-5-4-7(17)6-9(8)19-12(13,14)15/h4-6,17H,1-3H3,(H,16,18). The van der Waals surface area contributed by atoms with Crippen LogP contribution < -0.4 is 10.1 Å². The smallest absolute Gasteiger partial charge is 0.508 e. The van der Waals surface area contributed by atoms with E-state index in [1.807, 2.05) is 0 Å². The number of alkyl halides is 3. The summed E-state index contributed by atoms with van der Waals surface area (Å²) in [4.78, 5) is 11.5. The number of rotatable bonds is 2. The summed E-state index contributed by atoms with van der Waals surface area (Å²) in [5.41, 5.74) is -1.07. The number of hydrogen-bond acceptors (Lipinski definition) is 4. The molecule has 20 heavy (non-hydrogen) atoms. The van der Waals surface area contributed by atoms with Crippen molar-refractivity contribution in [2.45, 2.75) is 32.7 Å². The number of halogens is 3. The van der Waals surface area contributed by atoms with Gasteiger partial charge in [-0.05, 0) is 32.9 Å². The largest absolute Gasteiger partial charge is 0.573 e. The van der Waals surface area contributed by atoms with Crippen LogP contribution in [0, 0.1) is 0 Å². The van der Waals surface area contributed by atoms with Crippen LogP contribution in [0.4, 0.5) is 23.7 Å². The third kappa shape index (κ3) is 5.68. The van der Waals surface area contributed by atoms with E-state index in [0.717, 1.165) is 18.2 Å². The molecule has 0 aromatic heterocycles. The second-order valence-corrected chi connectivity index (χ2v) is 4.86. The van der Waals surface area contributed by atoms with Crippen LogP contribution in [-0.4, -0.2) is 23.2 Å². The molecule has 112 valence electrons. The van der Waals surface area contributed by atoms with Gasteiger partial charge in [0, 0.05) is 6.07 Å². The summed E-state index contributed by atoms with van der Waals surface area (Å²) in [6.07, 6.45) is -5.88. The molecule has 2 N–H and O–H groups in total. The minimum absolute atomic E-state index is 0.269. The van der Waals surface area contributed by atoms with Crippen LogP contribution in [0.3, 0.4) is 0 Å². The number of carbonyl (C=O) groups is 1. The lowest BCUT2D eigenvalue weighted by atomic mass is 10.2. The van der Waals surface area contributed by atoms with Crippen molar-refractivity contribution in [2.75, 3.05) is 5.32 Å². The predicted octanol–water partition coefficient (Wildman–Crippen LogP) is 3.64. The van der Waals surface area contributed by atoms with E-state index in [2.05, 4.69) is 10.1 Å². The Balaban J connectivity index is 2.92. The van der Waals surface area contributed by atoms with Crippen molar-refractivity contribution in [3.05, 3.63) is 18.2 Å². The Morgan fingerprint density at radius 3 is 2.35 bits per heavy atom. The maximum Gasteiger partial charge on any atom is 0.573 e. The third-order valence-electron chi connectivity index (χ3n) is 1.83. The summed E-state index contributed by atoms with van der Waals surface area (Å²) in [5, 5.41) is 11.3. The van der Waals surface area contributed by atoms with Crippen LogP contribution in [0.2, 0.25) is 0 Å². The van der Waals surface area contributed by atoms with Gasteiger partial charge in [0.1, 0.15) is 11.4 Å². The van der Waals surface area contributed by atoms with Crippen LogP contribution in [0.15, 0.2) is 18.2 Å². The molecule has 0 radical (unpaired) electrons. The number of phenols is 1. The van der Waals surface area contributed by atoms with Crippen LogP contribution in [0.5, 0.6) is 11.5 Å². The molecule has 0 spiro atoms. The fourth-order valence-corrected chi connectivity index (χ4v) is 1.24. The average molecular weight is 293 g/mol. The van der Waals surface area contributed by atoms with Crippen molar-refractivity contribution in [2.24, 2.45) is 0 Å². The zero-order valence-corrected chi connectivity index (χ0v) is 11.0. The first-order valence-electron chi connectivity index (χ1n) is 5.55. The van der Waals surface area contributed by atoms with Gasteiger partial charge in [-0.3, -0.25) is 5.32 Å². The van der Waals surface area contributed by atoms with Gasteiger partial charge in [0.25, 0.3) is 0 Å². The van der Waals surface area contributed by atoms with E-state index < -0.39 is 29.6 Å². The van der Waals surface area contributed by atoms with E-state index >= 15 is 0 Å². The maximum absolute atomic E-state index is 12.2. The van der Waals surface area contributed by atoms with Crippen LogP contribution in [0.25, 0.3) is 0 Å². The lowest BCUT2D eigenvalue weighted by molar-refractivity contribution is -0.274. The van der Waals surface area contributed by atoms with Crippen molar-refractivity contribution in [3.8, 4) is 11.5 Å². The Kier molecular flexibility index (Phi) is 4.36. The van der Waals surface area contributed by atoms with Crippen molar-refractivity contribution in [1.29, 1.82) is 0 Å². The molecule has 0 saturated heterocycles. The van der Waals surface area contributed by atoms with E-state index in [-0.39, 0.29) is 5.69 Å². The maximum atomic E-state index is 12.2. The number of carbonyl (C=O) groups excluding carboxylic acids is 1. The summed E-state index contributed by atoms with van der Waals surface area (Å²) in [6, 6.07) is 2.91. The monoisotopic (exact) mass is 293 g/mol. The number of ether oxygens (including phenoxy) is 2. The van der Waals surface area contributed by atoms with Crippen molar-refractivity contribution >= 4 is 11.8 Å². The summed E-state index contributed by atoms with van der Waals surface area (Å²) < 4.78 is 45.3. The van der Waals surface area contributed by atoms with E-state index in [1.54, 1.807) is 20.8 Å². The lowest BCUT2D eigenvalue weighted by Crippen LogP contribution is -2.27. The van der Waals surface area contributed by atoms with Crippen molar-refractivity contribution < 1.29 is 32.5 Å². The molecule has 0 heterocycles. The fourth-order valence-electron chi connectivity index (χ4n) is 1.24. The molecule has 0 bridgehead atoms. The first kappa shape index (κ1) is 15.9. The van der Waals surface area contributed by atoms with Gasteiger partial charge in [-0.15, -0.1) is 13.2 Å². The highest BCUT2D eigenvalue weighted by molar-refractivity contribution is 5.87. The molecular formula is C12H14F3NO4. The Morgan fingerprint density at radius 2 is 1.85 bits per heavy atom. The number of benzene rings is 1. The zero-order chi connectivity index (χ0) is 15.6. The van der Waals surface area contributed by atoms with Crippen molar-refractivity contribution in [1.82, 2.24) is 0 Å². The van der Waals surface area contributed by atoms with Gasteiger partial charge in [-0.25, -0.2) is 4.79 Å². The molecular weight excluding hydrogens is 279 g/mol. The molecule has 1 aromatic rings. The SMILES string of the molecule is CC(C)(C)OC(=O)Nc1ccc(O)cc1OC(F)(F)F. The average Bonchev–Trinajstić information content (AvgIpc) is 2.17. The van der Waals surface area contributed by atoms with Crippen molar-refractivity contribution in [3.63, 3.8) is 0 Å². The minimum atomic E-state index is -4.95. The molecule has 8 heteroatoms.